The molecule has 12 heteroatoms. The predicted octanol–water partition coefficient (Wildman–Crippen LogP) is 3.58. The van der Waals surface area contributed by atoms with Crippen molar-refractivity contribution in [2.45, 2.75) is 25.4 Å². The molecule has 1 atom stereocenters. The van der Waals surface area contributed by atoms with E-state index >= 15 is 0 Å². The Hall–Kier alpha value is -4.74. The number of hydrogen-bond acceptors (Lipinski definition) is 9. The summed E-state index contributed by atoms with van der Waals surface area (Å²) in [4.78, 5) is 50.5. The number of hydrogen-bond donors (Lipinski definition) is 1. The zero-order chi connectivity index (χ0) is 27.4. The number of aryl methyl sites for hydroxylation is 1. The molecule has 10 nitrogen and oxygen atoms in total. The molecule has 196 valence electrons. The number of esters is 2. The number of carbonyl (C=O) groups excluding carboxylic acids is 3. The highest BCUT2D eigenvalue weighted by molar-refractivity contribution is 6.06. The summed E-state index contributed by atoms with van der Waals surface area (Å²) in [6.07, 6.45) is 2.24. The van der Waals surface area contributed by atoms with Crippen molar-refractivity contribution < 1.29 is 37.5 Å². The molecule has 0 saturated heterocycles. The van der Waals surface area contributed by atoms with Crippen LogP contribution in [0.3, 0.4) is 0 Å². The fourth-order valence-electron chi connectivity index (χ4n) is 3.90. The lowest BCUT2D eigenvalue weighted by atomic mass is 9.90. The Labute approximate surface area is 215 Å². The molecule has 1 aliphatic rings. The SMILES string of the molecule is COC(=O)CC1(C(=O)OC)CC(c2ccc(C)c(-c3cnc(NC(=O)c4c(F)cccc4F)cn3)c2)=NO1. The van der Waals surface area contributed by atoms with E-state index in [2.05, 4.69) is 25.2 Å². The number of rotatable bonds is 7. The number of nitrogens with zero attached hydrogens (tertiary/aromatic N) is 3. The van der Waals surface area contributed by atoms with Gasteiger partial charge >= 0.3 is 11.9 Å². The minimum atomic E-state index is -1.64. The molecule has 1 N–H and O–H groups in total. The molecule has 1 aliphatic heterocycles. The molecule has 0 bridgehead atoms. The molecule has 38 heavy (non-hydrogen) atoms. The number of carbonyl (C=O) groups is 3. The molecule has 1 amide bonds. The van der Waals surface area contributed by atoms with Gasteiger partial charge in [-0.25, -0.2) is 18.6 Å². The molecular formula is C26H22F2N4O6. The maximum absolute atomic E-state index is 13.9. The highest BCUT2D eigenvalue weighted by atomic mass is 19.1. The summed E-state index contributed by atoms with van der Waals surface area (Å²) in [6, 6.07) is 8.46. The third-order valence-electron chi connectivity index (χ3n) is 5.93. The van der Waals surface area contributed by atoms with Crippen LogP contribution < -0.4 is 5.32 Å². The molecule has 0 spiro atoms. The molecule has 0 aliphatic carbocycles. The van der Waals surface area contributed by atoms with Crippen molar-refractivity contribution in [3.63, 3.8) is 0 Å². The summed E-state index contributed by atoms with van der Waals surface area (Å²) >= 11 is 0. The molecule has 4 rings (SSSR count). The highest BCUT2D eigenvalue weighted by Crippen LogP contribution is 2.33. The molecule has 0 fully saturated rings. The first-order chi connectivity index (χ1) is 18.2. The summed E-state index contributed by atoms with van der Waals surface area (Å²) in [7, 11) is 2.39. The van der Waals surface area contributed by atoms with Gasteiger partial charge in [0, 0.05) is 17.5 Å². The predicted molar refractivity (Wildman–Crippen MR) is 130 cm³/mol. The molecule has 3 aromatic rings. The van der Waals surface area contributed by atoms with Crippen molar-refractivity contribution in [3.05, 3.63) is 77.1 Å². The van der Waals surface area contributed by atoms with Gasteiger partial charge in [-0.1, -0.05) is 23.4 Å². The number of oxime groups is 1. The number of halogens is 2. The van der Waals surface area contributed by atoms with Crippen LogP contribution in [0.25, 0.3) is 11.3 Å². The van der Waals surface area contributed by atoms with Gasteiger partial charge < -0.3 is 19.6 Å². The van der Waals surface area contributed by atoms with E-state index in [1.165, 1.54) is 26.6 Å². The van der Waals surface area contributed by atoms with E-state index in [4.69, 9.17) is 9.57 Å². The van der Waals surface area contributed by atoms with E-state index in [-0.39, 0.29) is 18.7 Å². The minimum absolute atomic E-state index is 0.00514. The summed E-state index contributed by atoms with van der Waals surface area (Å²) in [5.74, 6) is -4.41. The molecule has 0 saturated carbocycles. The van der Waals surface area contributed by atoms with Crippen LogP contribution in [-0.4, -0.2) is 53.3 Å². The molecular weight excluding hydrogens is 502 g/mol. The van der Waals surface area contributed by atoms with Crippen LogP contribution in [0.2, 0.25) is 0 Å². The van der Waals surface area contributed by atoms with Crippen molar-refractivity contribution >= 4 is 29.4 Å². The second-order valence-electron chi connectivity index (χ2n) is 8.41. The Morgan fingerprint density at radius 2 is 1.79 bits per heavy atom. The van der Waals surface area contributed by atoms with Crippen LogP contribution in [0, 0.1) is 18.6 Å². The standard InChI is InChI=1S/C26H22F2N4O6/c1-14-7-8-15(19-10-26(38-32-19,25(35)37-3)11-22(33)36-2)9-16(14)20-12-30-21(13-29-20)31-24(34)23-17(27)5-4-6-18(23)28/h4-9,12-13H,10-11H2,1-3H3,(H,30,31,34). The van der Waals surface area contributed by atoms with Crippen LogP contribution in [-0.2, 0) is 23.9 Å². The topological polar surface area (TPSA) is 129 Å². The summed E-state index contributed by atoms with van der Waals surface area (Å²) in [6.45, 7) is 1.85. The van der Waals surface area contributed by atoms with Gasteiger partial charge in [-0.2, -0.15) is 0 Å². The van der Waals surface area contributed by atoms with E-state index in [1.807, 2.05) is 13.0 Å². The van der Waals surface area contributed by atoms with Crippen LogP contribution in [0.5, 0.6) is 0 Å². The number of nitrogens with one attached hydrogen (secondary N) is 1. The second-order valence-corrected chi connectivity index (χ2v) is 8.41. The van der Waals surface area contributed by atoms with Crippen molar-refractivity contribution in [2.75, 3.05) is 19.5 Å². The zero-order valence-electron chi connectivity index (χ0n) is 20.6. The zero-order valence-corrected chi connectivity index (χ0v) is 20.6. The lowest BCUT2D eigenvalue weighted by Crippen LogP contribution is -2.42. The van der Waals surface area contributed by atoms with Crippen LogP contribution in [0.15, 0.2) is 53.9 Å². The van der Waals surface area contributed by atoms with Crippen LogP contribution >= 0.6 is 0 Å². The van der Waals surface area contributed by atoms with E-state index in [1.54, 1.807) is 12.1 Å². The molecule has 1 aromatic heterocycles. The Morgan fingerprint density at radius 1 is 1.05 bits per heavy atom. The van der Waals surface area contributed by atoms with E-state index in [0.717, 1.165) is 23.8 Å². The van der Waals surface area contributed by atoms with Crippen molar-refractivity contribution in [1.82, 2.24) is 9.97 Å². The quantitative estimate of drug-likeness (QED) is 0.465. The Morgan fingerprint density at radius 3 is 2.42 bits per heavy atom. The normalized spacial score (nSPS) is 16.3. The first kappa shape index (κ1) is 26.3. The van der Waals surface area contributed by atoms with Gasteiger partial charge in [0.25, 0.3) is 5.91 Å². The summed E-state index contributed by atoms with van der Waals surface area (Å²) in [5, 5.41) is 6.36. The number of benzene rings is 2. The van der Waals surface area contributed by atoms with Crippen LogP contribution in [0.1, 0.15) is 34.3 Å². The number of anilines is 1. The fourth-order valence-corrected chi connectivity index (χ4v) is 3.90. The lowest BCUT2D eigenvalue weighted by Gasteiger charge is -2.22. The number of amides is 1. The maximum Gasteiger partial charge on any atom is 0.354 e. The monoisotopic (exact) mass is 524 g/mol. The summed E-state index contributed by atoms with van der Waals surface area (Å²) < 4.78 is 37.3. The van der Waals surface area contributed by atoms with Gasteiger partial charge in [-0.05, 0) is 30.7 Å². The first-order valence-corrected chi connectivity index (χ1v) is 11.3. The lowest BCUT2D eigenvalue weighted by molar-refractivity contribution is -0.173. The Kier molecular flexibility index (Phi) is 7.42. The minimum Gasteiger partial charge on any atom is -0.469 e. The van der Waals surface area contributed by atoms with Crippen molar-refractivity contribution in [2.24, 2.45) is 5.16 Å². The largest absolute Gasteiger partial charge is 0.469 e. The first-order valence-electron chi connectivity index (χ1n) is 11.3. The second kappa shape index (κ2) is 10.7. The van der Waals surface area contributed by atoms with Gasteiger partial charge in [0.1, 0.15) is 17.2 Å². The average Bonchev–Trinajstić information content (AvgIpc) is 3.34. The molecule has 0 radical (unpaired) electrons. The Bertz CT molecular complexity index is 1420. The molecule has 1 unspecified atom stereocenters. The number of methoxy groups -OCH3 is 2. The van der Waals surface area contributed by atoms with Gasteiger partial charge in [0.15, 0.2) is 5.82 Å². The van der Waals surface area contributed by atoms with Crippen molar-refractivity contribution in [1.29, 1.82) is 0 Å². The third-order valence-corrected chi connectivity index (χ3v) is 5.93. The molecule has 2 aromatic carbocycles. The fraction of sp³-hybridized carbons (Fsp3) is 0.231. The summed E-state index contributed by atoms with van der Waals surface area (Å²) in [5.41, 5.74) is 0.588. The molecule has 2 heterocycles. The highest BCUT2D eigenvalue weighted by Gasteiger charge is 2.50. The maximum atomic E-state index is 13.9. The van der Waals surface area contributed by atoms with Crippen LogP contribution in [0.4, 0.5) is 14.6 Å². The third kappa shape index (κ3) is 5.19. The number of aromatic nitrogens is 2. The van der Waals surface area contributed by atoms with E-state index in [9.17, 15) is 23.2 Å². The Balaban J connectivity index is 1.55. The van der Waals surface area contributed by atoms with E-state index < -0.39 is 40.6 Å². The van der Waals surface area contributed by atoms with Gasteiger partial charge in [-0.3, -0.25) is 14.6 Å². The van der Waals surface area contributed by atoms with Gasteiger partial charge in [0.05, 0.1) is 44.4 Å². The van der Waals surface area contributed by atoms with Gasteiger partial charge in [-0.15, -0.1) is 0 Å². The van der Waals surface area contributed by atoms with E-state index in [0.29, 0.717) is 22.5 Å². The smallest absolute Gasteiger partial charge is 0.354 e. The number of ether oxygens (including phenoxy) is 2. The van der Waals surface area contributed by atoms with Gasteiger partial charge in [0.2, 0.25) is 5.60 Å². The average molecular weight is 524 g/mol. The van der Waals surface area contributed by atoms with Crippen molar-refractivity contribution in [3.8, 4) is 11.3 Å².